The van der Waals surface area contributed by atoms with Gasteiger partial charge >= 0.3 is 17.9 Å². The van der Waals surface area contributed by atoms with Crippen molar-refractivity contribution in [3.05, 3.63) is 47.6 Å². The number of rotatable bonds is 5. The molecule has 0 aromatic carbocycles. The van der Waals surface area contributed by atoms with Gasteiger partial charge in [-0.2, -0.15) is 0 Å². The molecule has 5 atom stereocenters. The summed E-state index contributed by atoms with van der Waals surface area (Å²) in [5.41, 5.74) is 2.33. The van der Waals surface area contributed by atoms with Crippen LogP contribution in [0.4, 0.5) is 0 Å². The van der Waals surface area contributed by atoms with Crippen LogP contribution in [0, 0.1) is 17.8 Å². The third-order valence-electron chi connectivity index (χ3n) is 5.76. The second-order valence-corrected chi connectivity index (χ2v) is 7.78. The standard InChI is InChI=1S/C22H26O7/c1-11-7-18-20(13(3)21(25)28-18)19(8-12(2)17-9-16(11)17)29-22(26)15(10-23)5-6-27-14(4)24/h5,7,16-20,23H,2-3,6,8-10H2,1,4H3/b11-7-,15-5+/t16-,17-,18-,19-,20+/m1/s1. The largest absolute Gasteiger partial charge is 0.462 e. The fourth-order valence-electron chi connectivity index (χ4n) is 4.05. The van der Waals surface area contributed by atoms with Gasteiger partial charge in [0.1, 0.15) is 18.8 Å². The summed E-state index contributed by atoms with van der Waals surface area (Å²) in [4.78, 5) is 35.7. The summed E-state index contributed by atoms with van der Waals surface area (Å²) in [6.07, 6.45) is 3.34. The van der Waals surface area contributed by atoms with E-state index in [2.05, 4.69) is 13.2 Å². The van der Waals surface area contributed by atoms with E-state index >= 15 is 0 Å². The number of hydrogen-bond donors (Lipinski definition) is 1. The number of allylic oxidation sites excluding steroid dienone is 1. The highest BCUT2D eigenvalue weighted by Gasteiger charge is 2.49. The third kappa shape index (κ3) is 4.50. The van der Waals surface area contributed by atoms with E-state index in [4.69, 9.17) is 14.2 Å². The number of carbonyl (C=O) groups is 3. The Hall–Kier alpha value is -2.67. The molecule has 0 spiro atoms. The molecule has 1 saturated heterocycles. The van der Waals surface area contributed by atoms with Gasteiger partial charge in [0.25, 0.3) is 0 Å². The molecule has 3 rings (SSSR count). The first kappa shape index (κ1) is 21.0. The highest BCUT2D eigenvalue weighted by Crippen LogP contribution is 2.52. The average Bonchev–Trinajstić information content (AvgIpc) is 3.39. The minimum atomic E-state index is -0.740. The van der Waals surface area contributed by atoms with E-state index in [0.717, 1.165) is 17.6 Å². The smallest absolute Gasteiger partial charge is 0.336 e. The second kappa shape index (κ2) is 8.37. The lowest BCUT2D eigenvalue weighted by Crippen LogP contribution is -2.34. The quantitative estimate of drug-likeness (QED) is 0.325. The van der Waals surface area contributed by atoms with Crippen LogP contribution in [0.25, 0.3) is 0 Å². The van der Waals surface area contributed by atoms with Crippen molar-refractivity contribution in [2.45, 2.75) is 38.9 Å². The molecule has 1 heterocycles. The molecule has 0 aromatic rings. The van der Waals surface area contributed by atoms with Crippen LogP contribution in [0.1, 0.15) is 26.7 Å². The Labute approximate surface area is 169 Å². The Balaban J connectivity index is 1.84. The molecule has 1 N–H and O–H groups in total. The molecule has 3 aliphatic rings. The minimum Gasteiger partial charge on any atom is -0.462 e. The molecular weight excluding hydrogens is 376 g/mol. The maximum Gasteiger partial charge on any atom is 0.336 e. The SMILES string of the molecule is C=C1C(=O)O[C@@H]2/C=C(/C)[C@H]3C[C@@H]3C(=C)C[C@@H](OC(=O)/C(=C/COC(C)=O)CO)[C@@H]12. The van der Waals surface area contributed by atoms with Gasteiger partial charge in [-0.15, -0.1) is 0 Å². The van der Waals surface area contributed by atoms with Crippen molar-refractivity contribution in [3.8, 4) is 0 Å². The van der Waals surface area contributed by atoms with Crippen molar-refractivity contribution in [1.29, 1.82) is 0 Å². The maximum absolute atomic E-state index is 12.7. The zero-order valence-corrected chi connectivity index (χ0v) is 16.7. The normalized spacial score (nSPS) is 33.2. The fourth-order valence-corrected chi connectivity index (χ4v) is 4.05. The molecule has 7 nitrogen and oxygen atoms in total. The molecule has 0 bridgehead atoms. The molecule has 0 aromatic heterocycles. The molecule has 2 aliphatic carbocycles. The lowest BCUT2D eigenvalue weighted by Gasteiger charge is -2.26. The van der Waals surface area contributed by atoms with Gasteiger partial charge in [0.15, 0.2) is 0 Å². The van der Waals surface area contributed by atoms with E-state index < -0.39 is 42.6 Å². The van der Waals surface area contributed by atoms with Crippen molar-refractivity contribution in [1.82, 2.24) is 0 Å². The molecule has 1 saturated carbocycles. The summed E-state index contributed by atoms with van der Waals surface area (Å²) < 4.78 is 16.0. The van der Waals surface area contributed by atoms with E-state index in [1.165, 1.54) is 13.0 Å². The van der Waals surface area contributed by atoms with Crippen LogP contribution in [-0.2, 0) is 28.6 Å². The Morgan fingerprint density at radius 2 is 2.07 bits per heavy atom. The summed E-state index contributed by atoms with van der Waals surface area (Å²) in [6, 6.07) is 0. The van der Waals surface area contributed by atoms with Gasteiger partial charge in [-0.1, -0.05) is 24.3 Å². The van der Waals surface area contributed by atoms with Crippen LogP contribution in [-0.4, -0.2) is 48.4 Å². The van der Waals surface area contributed by atoms with Crippen LogP contribution >= 0.6 is 0 Å². The molecule has 2 fully saturated rings. The average molecular weight is 402 g/mol. The first-order chi connectivity index (χ1) is 13.7. The summed E-state index contributed by atoms with van der Waals surface area (Å²) in [5, 5.41) is 9.52. The molecule has 0 radical (unpaired) electrons. The van der Waals surface area contributed by atoms with Crippen LogP contribution in [0.3, 0.4) is 0 Å². The van der Waals surface area contributed by atoms with Crippen molar-refractivity contribution in [2.24, 2.45) is 17.8 Å². The fraction of sp³-hybridized carbons (Fsp3) is 0.500. The number of aliphatic hydroxyl groups excluding tert-OH is 1. The number of fused-ring (bicyclic) bond motifs is 2. The van der Waals surface area contributed by atoms with Gasteiger partial charge in [-0.05, 0) is 37.3 Å². The highest BCUT2D eigenvalue weighted by atomic mass is 16.6. The van der Waals surface area contributed by atoms with Gasteiger partial charge < -0.3 is 19.3 Å². The highest BCUT2D eigenvalue weighted by molar-refractivity contribution is 5.92. The monoisotopic (exact) mass is 402 g/mol. The molecule has 0 amide bonds. The number of esters is 3. The number of ether oxygens (including phenoxy) is 3. The van der Waals surface area contributed by atoms with E-state index in [-0.39, 0.29) is 17.8 Å². The third-order valence-corrected chi connectivity index (χ3v) is 5.76. The molecule has 29 heavy (non-hydrogen) atoms. The van der Waals surface area contributed by atoms with Crippen molar-refractivity contribution >= 4 is 17.9 Å². The minimum absolute atomic E-state index is 0.0276. The van der Waals surface area contributed by atoms with Crippen LogP contribution in [0.5, 0.6) is 0 Å². The predicted molar refractivity (Wildman–Crippen MR) is 103 cm³/mol. The molecule has 0 unspecified atom stereocenters. The van der Waals surface area contributed by atoms with Crippen molar-refractivity contribution < 1.29 is 33.7 Å². The lowest BCUT2D eigenvalue weighted by atomic mass is 9.87. The van der Waals surface area contributed by atoms with E-state index in [1.807, 2.05) is 13.0 Å². The maximum atomic E-state index is 12.7. The van der Waals surface area contributed by atoms with Crippen LogP contribution in [0.15, 0.2) is 47.6 Å². The summed E-state index contributed by atoms with van der Waals surface area (Å²) in [7, 11) is 0. The molecule has 7 heteroatoms. The van der Waals surface area contributed by atoms with E-state index in [0.29, 0.717) is 18.3 Å². The number of aliphatic hydroxyl groups is 1. The predicted octanol–water partition coefficient (Wildman–Crippen LogP) is 2.02. The number of carbonyl (C=O) groups excluding carboxylic acids is 3. The van der Waals surface area contributed by atoms with Gasteiger partial charge in [0.05, 0.1) is 18.1 Å². The van der Waals surface area contributed by atoms with E-state index in [1.54, 1.807) is 0 Å². The van der Waals surface area contributed by atoms with Gasteiger partial charge in [0.2, 0.25) is 0 Å². The molecular formula is C22H26O7. The van der Waals surface area contributed by atoms with E-state index in [9.17, 15) is 19.5 Å². The summed E-state index contributed by atoms with van der Waals surface area (Å²) >= 11 is 0. The van der Waals surface area contributed by atoms with Gasteiger partial charge in [0, 0.05) is 18.9 Å². The van der Waals surface area contributed by atoms with Crippen LogP contribution < -0.4 is 0 Å². The van der Waals surface area contributed by atoms with Gasteiger partial charge in [-0.3, -0.25) is 4.79 Å². The first-order valence-corrected chi connectivity index (χ1v) is 9.62. The Kier molecular flexibility index (Phi) is 6.07. The topological polar surface area (TPSA) is 99.1 Å². The molecule has 1 aliphatic heterocycles. The Morgan fingerprint density at radius 3 is 2.72 bits per heavy atom. The summed E-state index contributed by atoms with van der Waals surface area (Å²) in [5.74, 6) is -1.56. The second-order valence-electron chi connectivity index (χ2n) is 7.78. The lowest BCUT2D eigenvalue weighted by molar-refractivity contribution is -0.148. The van der Waals surface area contributed by atoms with Crippen LogP contribution in [0.2, 0.25) is 0 Å². The first-order valence-electron chi connectivity index (χ1n) is 9.62. The Morgan fingerprint density at radius 1 is 1.34 bits per heavy atom. The number of hydrogen-bond acceptors (Lipinski definition) is 7. The van der Waals surface area contributed by atoms with Gasteiger partial charge in [-0.25, -0.2) is 9.59 Å². The Bertz CT molecular complexity index is 819. The zero-order valence-electron chi connectivity index (χ0n) is 16.7. The zero-order chi connectivity index (χ0) is 21.3. The van der Waals surface area contributed by atoms with Crippen molar-refractivity contribution in [3.63, 3.8) is 0 Å². The molecule has 156 valence electrons. The van der Waals surface area contributed by atoms with Crippen molar-refractivity contribution in [2.75, 3.05) is 13.2 Å². The summed E-state index contributed by atoms with van der Waals surface area (Å²) in [6.45, 7) is 10.6.